The van der Waals surface area contributed by atoms with E-state index in [-0.39, 0.29) is 26.8 Å². The van der Waals surface area contributed by atoms with Crippen LogP contribution in [0.15, 0.2) is 35.3 Å². The van der Waals surface area contributed by atoms with Gasteiger partial charge in [0.25, 0.3) is 0 Å². The van der Waals surface area contributed by atoms with Crippen LogP contribution in [0.5, 0.6) is 23.0 Å². The van der Waals surface area contributed by atoms with Gasteiger partial charge in [-0.25, -0.2) is 4.79 Å². The fraction of sp³-hybridized carbons (Fsp3) is 0.348. The Balaban J connectivity index is 1.82. The van der Waals surface area contributed by atoms with Crippen molar-refractivity contribution in [3.05, 3.63) is 46.5 Å². The van der Waals surface area contributed by atoms with Gasteiger partial charge in [0.05, 0.1) is 18.6 Å². The smallest absolute Gasteiger partial charge is 0.332 e. The van der Waals surface area contributed by atoms with Crippen LogP contribution in [0.1, 0.15) is 19.4 Å². The third-order valence-corrected chi connectivity index (χ3v) is 5.60. The van der Waals surface area contributed by atoms with Crippen LogP contribution in [0.3, 0.4) is 0 Å². The number of carbonyl (C=O) groups excluding carboxylic acids is 2. The Morgan fingerprint density at radius 1 is 0.969 bits per heavy atom. The quantitative estimate of drug-likeness (QED) is 0.636. The molecule has 9 nitrogen and oxygen atoms in total. The Kier molecular flexibility index (Phi) is 4.88. The second-order valence-electron chi connectivity index (χ2n) is 7.32. The van der Waals surface area contributed by atoms with Gasteiger partial charge >= 0.3 is 11.9 Å². The van der Waals surface area contributed by atoms with Crippen LogP contribution in [-0.2, 0) is 24.5 Å². The minimum absolute atomic E-state index is 0.0529. The molecule has 2 aromatic carbocycles. The predicted molar refractivity (Wildman–Crippen MR) is 109 cm³/mol. The maximum atomic E-state index is 13.6. The highest BCUT2D eigenvalue weighted by Crippen LogP contribution is 2.42. The van der Waals surface area contributed by atoms with Gasteiger partial charge in [-0.1, -0.05) is 6.07 Å². The van der Waals surface area contributed by atoms with Crippen LogP contribution in [0, 0.1) is 0 Å². The van der Waals surface area contributed by atoms with E-state index in [2.05, 4.69) is 4.99 Å². The lowest BCUT2D eigenvalue weighted by atomic mass is 9.72. The molecule has 0 saturated carbocycles. The SMILES string of the molecule is CCOC(=O)C1N=c2ccc3c(c2=CC1(C(=O)OCC)c1ccc2c(c1)OCO2)OCO3. The lowest BCUT2D eigenvalue weighted by Gasteiger charge is -2.35. The zero-order valence-corrected chi connectivity index (χ0v) is 17.6. The molecular formula is C23H21NO8. The average Bonchev–Trinajstić information content (AvgIpc) is 3.47. The van der Waals surface area contributed by atoms with E-state index < -0.39 is 23.4 Å². The molecule has 2 unspecified atom stereocenters. The van der Waals surface area contributed by atoms with Crippen molar-refractivity contribution >= 4 is 18.0 Å². The molecule has 3 heterocycles. The van der Waals surface area contributed by atoms with Crippen molar-refractivity contribution in [2.45, 2.75) is 25.3 Å². The first-order chi connectivity index (χ1) is 15.6. The summed E-state index contributed by atoms with van der Waals surface area (Å²) in [7, 11) is 0. The molecule has 0 saturated heterocycles. The molecule has 166 valence electrons. The molecule has 0 fully saturated rings. The maximum Gasteiger partial charge on any atom is 0.332 e. The topological polar surface area (TPSA) is 102 Å². The summed E-state index contributed by atoms with van der Waals surface area (Å²) in [5, 5.41) is 1.04. The molecule has 3 aliphatic rings. The summed E-state index contributed by atoms with van der Waals surface area (Å²) in [6, 6.07) is 7.30. The summed E-state index contributed by atoms with van der Waals surface area (Å²) >= 11 is 0. The first kappa shape index (κ1) is 20.2. The fourth-order valence-electron chi connectivity index (χ4n) is 4.18. The molecule has 5 rings (SSSR count). The van der Waals surface area contributed by atoms with Gasteiger partial charge < -0.3 is 28.4 Å². The molecule has 2 aromatic rings. The van der Waals surface area contributed by atoms with Crippen LogP contribution >= 0.6 is 0 Å². The Hall–Kier alpha value is -3.75. The van der Waals surface area contributed by atoms with Crippen molar-refractivity contribution in [2.75, 3.05) is 26.8 Å². The molecular weight excluding hydrogens is 418 g/mol. The van der Waals surface area contributed by atoms with E-state index >= 15 is 0 Å². The minimum Gasteiger partial charge on any atom is -0.465 e. The zero-order valence-electron chi connectivity index (χ0n) is 17.6. The van der Waals surface area contributed by atoms with Crippen LogP contribution < -0.4 is 29.5 Å². The number of nitrogens with zero attached hydrogens (tertiary/aromatic N) is 1. The number of fused-ring (bicyclic) bond motifs is 4. The summed E-state index contributed by atoms with van der Waals surface area (Å²) in [6.07, 6.45) is 1.67. The van der Waals surface area contributed by atoms with E-state index in [0.29, 0.717) is 39.1 Å². The van der Waals surface area contributed by atoms with E-state index in [0.717, 1.165) is 0 Å². The molecule has 3 aliphatic heterocycles. The Morgan fingerprint density at radius 2 is 1.69 bits per heavy atom. The van der Waals surface area contributed by atoms with Crippen LogP contribution in [0.25, 0.3) is 6.08 Å². The van der Waals surface area contributed by atoms with E-state index in [4.69, 9.17) is 28.4 Å². The van der Waals surface area contributed by atoms with E-state index in [1.54, 1.807) is 50.3 Å². The normalized spacial score (nSPS) is 21.8. The average molecular weight is 439 g/mol. The van der Waals surface area contributed by atoms with Gasteiger partial charge in [-0.3, -0.25) is 9.79 Å². The molecule has 32 heavy (non-hydrogen) atoms. The Labute approximate surface area is 183 Å². The number of hydrogen-bond donors (Lipinski definition) is 0. The fourth-order valence-corrected chi connectivity index (χ4v) is 4.18. The highest BCUT2D eigenvalue weighted by atomic mass is 16.7. The van der Waals surface area contributed by atoms with Gasteiger partial charge in [0, 0.05) is 5.22 Å². The summed E-state index contributed by atoms with van der Waals surface area (Å²) in [5.74, 6) is 0.730. The van der Waals surface area contributed by atoms with Gasteiger partial charge in [-0.15, -0.1) is 0 Å². The van der Waals surface area contributed by atoms with E-state index in [1.807, 2.05) is 0 Å². The van der Waals surface area contributed by atoms with Crippen molar-refractivity contribution < 1.29 is 38.0 Å². The molecule has 0 radical (unpaired) electrons. The molecule has 0 aliphatic carbocycles. The number of ether oxygens (including phenoxy) is 6. The van der Waals surface area contributed by atoms with Crippen molar-refractivity contribution in [3.8, 4) is 23.0 Å². The first-order valence-electron chi connectivity index (χ1n) is 10.3. The highest BCUT2D eigenvalue weighted by molar-refractivity contribution is 5.99. The molecule has 0 spiro atoms. The number of hydrogen-bond acceptors (Lipinski definition) is 9. The third-order valence-electron chi connectivity index (χ3n) is 5.60. The van der Waals surface area contributed by atoms with E-state index in [9.17, 15) is 9.59 Å². The van der Waals surface area contributed by atoms with Crippen molar-refractivity contribution in [3.63, 3.8) is 0 Å². The number of carbonyl (C=O) groups is 2. The van der Waals surface area contributed by atoms with Gasteiger partial charge in [0.1, 0.15) is 5.41 Å². The largest absolute Gasteiger partial charge is 0.465 e. The molecule has 2 atom stereocenters. The third kappa shape index (κ3) is 2.96. The van der Waals surface area contributed by atoms with Crippen molar-refractivity contribution in [1.29, 1.82) is 0 Å². The predicted octanol–water partition coefficient (Wildman–Crippen LogP) is 0.990. The van der Waals surface area contributed by atoms with E-state index in [1.165, 1.54) is 0 Å². The molecule has 0 N–H and O–H groups in total. The summed E-state index contributed by atoms with van der Waals surface area (Å²) < 4.78 is 32.9. The Morgan fingerprint density at radius 3 is 2.50 bits per heavy atom. The lowest BCUT2D eigenvalue weighted by Crippen LogP contribution is -2.55. The summed E-state index contributed by atoms with van der Waals surface area (Å²) in [4.78, 5) is 31.4. The number of esters is 2. The second-order valence-corrected chi connectivity index (χ2v) is 7.32. The first-order valence-corrected chi connectivity index (χ1v) is 10.3. The number of rotatable bonds is 5. The maximum absolute atomic E-state index is 13.6. The second kappa shape index (κ2) is 7.74. The van der Waals surface area contributed by atoms with Gasteiger partial charge in [-0.05, 0) is 49.8 Å². The minimum atomic E-state index is -1.61. The van der Waals surface area contributed by atoms with Gasteiger partial charge in [0.2, 0.25) is 13.6 Å². The van der Waals surface area contributed by atoms with Crippen LogP contribution in [-0.4, -0.2) is 44.8 Å². The summed E-state index contributed by atoms with van der Waals surface area (Å²) in [6.45, 7) is 3.78. The lowest BCUT2D eigenvalue weighted by molar-refractivity contribution is -0.156. The van der Waals surface area contributed by atoms with Crippen LogP contribution in [0.2, 0.25) is 0 Å². The molecule has 0 amide bonds. The monoisotopic (exact) mass is 439 g/mol. The van der Waals surface area contributed by atoms with Gasteiger partial charge in [-0.2, -0.15) is 0 Å². The standard InChI is InChI=1S/C23H21NO8/c1-3-27-21(25)20-23(22(26)28-4-2,13-5-7-16-18(9-13)31-11-29-16)10-14-15(24-20)6-8-17-19(14)32-12-30-17/h5-10,20H,3-4,11-12H2,1-2H3. The zero-order chi connectivity index (χ0) is 22.3. The van der Waals surface area contributed by atoms with Crippen molar-refractivity contribution in [1.82, 2.24) is 0 Å². The van der Waals surface area contributed by atoms with Crippen LogP contribution in [0.4, 0.5) is 0 Å². The molecule has 0 aromatic heterocycles. The molecule has 9 heteroatoms. The van der Waals surface area contributed by atoms with Crippen molar-refractivity contribution in [2.24, 2.45) is 4.99 Å². The number of benzene rings is 2. The highest BCUT2D eigenvalue weighted by Gasteiger charge is 2.53. The molecule has 0 bridgehead atoms. The Bertz CT molecular complexity index is 1220. The summed E-state index contributed by atoms with van der Waals surface area (Å²) in [5.41, 5.74) is -1.15. The van der Waals surface area contributed by atoms with Gasteiger partial charge in [0.15, 0.2) is 29.0 Å².